The Morgan fingerprint density at radius 3 is 0.333 bits per heavy atom. The summed E-state index contributed by atoms with van der Waals surface area (Å²) in [6.07, 6.45) is 0. The van der Waals surface area contributed by atoms with Gasteiger partial charge in [-0.1, -0.05) is 0 Å². The molecule has 0 aliphatic rings. The number of hydrogen-bond acceptors (Lipinski definition) is 0. The summed E-state index contributed by atoms with van der Waals surface area (Å²) in [6, 6.07) is 0. The molecule has 0 spiro atoms. The van der Waals surface area contributed by atoms with Crippen molar-refractivity contribution in [3.63, 3.8) is 0 Å². The number of hydrogen-bond donors (Lipinski definition) is 0. The Kier molecular flexibility index (Phi) is 337. The second kappa shape index (κ2) is 37.7. The van der Waals surface area contributed by atoms with Gasteiger partial charge >= 0.3 is 0 Å². The van der Waals surface area contributed by atoms with Gasteiger partial charge in [-0.2, -0.15) is 0 Å². The van der Waals surface area contributed by atoms with Crippen molar-refractivity contribution in [1.82, 2.24) is 0 Å². The summed E-state index contributed by atoms with van der Waals surface area (Å²) in [7, 11) is 0. The summed E-state index contributed by atoms with van der Waals surface area (Å²) in [6.45, 7) is 0. The average molecular weight is 407 g/mol. The van der Waals surface area contributed by atoms with Crippen molar-refractivity contribution in [2.75, 3.05) is 0 Å². The molecule has 0 fully saturated rings. The van der Waals surface area contributed by atoms with Crippen LogP contribution in [-0.4, -0.2) is 0 Å². The predicted molar refractivity (Wildman–Crippen MR) is 0 cm³/mol. The topological polar surface area (TPSA) is 0 Å². The first-order chi connectivity index (χ1) is 0. The molecule has 0 rings (SSSR count). The van der Waals surface area contributed by atoms with Crippen LogP contribution in [0.25, 0.3) is 0 Å². The maximum Gasteiger partial charge on any atom is 0 e. The van der Waals surface area contributed by atoms with E-state index >= 15 is 0 Å². The van der Waals surface area contributed by atoms with E-state index < -0.39 is 0 Å². The van der Waals surface area contributed by atoms with Gasteiger partial charge in [-0.05, 0) is 0 Å². The zero-order chi connectivity index (χ0) is 0. The molecule has 0 aliphatic heterocycles. The van der Waals surface area contributed by atoms with E-state index in [0.717, 1.165) is 0 Å². The van der Waals surface area contributed by atoms with E-state index in [1.165, 1.54) is 0 Å². The van der Waals surface area contributed by atoms with Crippen molar-refractivity contribution >= 4 is 0 Å². The third-order valence-electron chi connectivity index (χ3n) is 0. The summed E-state index contributed by atoms with van der Waals surface area (Å²) in [4.78, 5) is 0. The molecule has 0 saturated heterocycles. The molecule has 0 N–H and O–H groups in total. The van der Waals surface area contributed by atoms with Gasteiger partial charge in [-0.3, -0.25) is 0 Å². The molecular formula is Cu5Y. The van der Waals surface area contributed by atoms with Crippen molar-refractivity contribution in [2.45, 2.75) is 0 Å². The third kappa shape index (κ3) is 25.2. The van der Waals surface area contributed by atoms with Crippen LogP contribution in [0.4, 0.5) is 0 Å². The molecule has 58 valence electrons. The van der Waals surface area contributed by atoms with Crippen LogP contribution in [0.2, 0.25) is 0 Å². The van der Waals surface area contributed by atoms with Crippen LogP contribution in [0.15, 0.2) is 0 Å². The molecule has 0 aromatic heterocycles. The largest absolute Gasteiger partial charge is 0 e. The van der Waals surface area contributed by atoms with Crippen LogP contribution in [-0.2, 0) is 118 Å². The first-order valence-corrected chi connectivity index (χ1v) is 0. The minimum atomic E-state index is 0. The summed E-state index contributed by atoms with van der Waals surface area (Å²) in [5.74, 6) is 0. The molecule has 0 heterocycles. The quantitative estimate of drug-likeness (QED) is 0.496. The Morgan fingerprint density at radius 1 is 0.333 bits per heavy atom. The summed E-state index contributed by atoms with van der Waals surface area (Å²) < 4.78 is 0. The normalized spacial score (nSPS) is 0. The van der Waals surface area contributed by atoms with Gasteiger partial charge in [0.05, 0.1) is 0 Å². The summed E-state index contributed by atoms with van der Waals surface area (Å²) in [5, 5.41) is 0. The Morgan fingerprint density at radius 2 is 0.333 bits per heavy atom. The van der Waals surface area contributed by atoms with Gasteiger partial charge in [0.15, 0.2) is 0 Å². The minimum absolute atomic E-state index is 0. The fraction of sp³-hybridized carbons (Fsp3) is 0. The van der Waals surface area contributed by atoms with E-state index in [2.05, 4.69) is 0 Å². The molecule has 0 bridgehead atoms. The molecule has 0 saturated carbocycles. The molecular weight excluding hydrogens is 407 g/mol. The SMILES string of the molecule is [Cu].[Cu].[Cu].[Cu].[Cu].[Y]. The fourth-order valence-electron chi connectivity index (χ4n) is 0. The van der Waals surface area contributed by atoms with Crippen LogP contribution in [0, 0.1) is 0 Å². The van der Waals surface area contributed by atoms with Crippen molar-refractivity contribution in [3.05, 3.63) is 0 Å². The van der Waals surface area contributed by atoms with E-state index in [4.69, 9.17) is 0 Å². The standard InChI is InChI=1S/5Cu.Y. The van der Waals surface area contributed by atoms with Crippen LogP contribution in [0.5, 0.6) is 0 Å². The minimum Gasteiger partial charge on any atom is 0 e. The molecule has 6 heavy (non-hydrogen) atoms. The van der Waals surface area contributed by atoms with Gasteiger partial charge in [-0.15, -0.1) is 0 Å². The van der Waals surface area contributed by atoms with Crippen LogP contribution < -0.4 is 0 Å². The predicted octanol–water partition coefficient (Wildman–Crippen LogP) is -0.0150. The molecule has 6 heteroatoms. The first kappa shape index (κ1) is 53.6. The number of rotatable bonds is 0. The van der Waals surface area contributed by atoms with Gasteiger partial charge in [0, 0.05) is 118 Å². The third-order valence-corrected chi connectivity index (χ3v) is 0. The van der Waals surface area contributed by atoms with E-state index in [1.54, 1.807) is 0 Å². The van der Waals surface area contributed by atoms with Gasteiger partial charge in [0.1, 0.15) is 0 Å². The zero-order valence-corrected chi connectivity index (χ0v) is 9.63. The van der Waals surface area contributed by atoms with E-state index in [9.17, 15) is 0 Å². The van der Waals surface area contributed by atoms with Gasteiger partial charge in [0.2, 0.25) is 0 Å². The van der Waals surface area contributed by atoms with Crippen molar-refractivity contribution < 1.29 is 118 Å². The maximum atomic E-state index is 0. The Bertz CT molecular complexity index is 3.90. The van der Waals surface area contributed by atoms with E-state index in [0.29, 0.717) is 0 Å². The molecule has 6 radical (unpaired) electrons. The second-order valence-corrected chi connectivity index (χ2v) is 0. The second-order valence-electron chi connectivity index (χ2n) is 0. The molecule has 0 atom stereocenters. The van der Waals surface area contributed by atoms with Crippen molar-refractivity contribution in [3.8, 4) is 0 Å². The monoisotopic (exact) mass is 404 g/mol. The van der Waals surface area contributed by atoms with E-state index in [1.807, 2.05) is 0 Å². The van der Waals surface area contributed by atoms with Gasteiger partial charge in [-0.25, -0.2) is 0 Å². The van der Waals surface area contributed by atoms with Crippen LogP contribution >= 0.6 is 0 Å². The average Bonchev–Trinajstić information content (AvgIpc) is 0. The maximum absolute atomic E-state index is 0. The molecule has 0 amide bonds. The molecule has 0 aromatic carbocycles. The van der Waals surface area contributed by atoms with Gasteiger partial charge < -0.3 is 0 Å². The molecule has 0 aliphatic carbocycles. The van der Waals surface area contributed by atoms with Crippen LogP contribution in [0.3, 0.4) is 0 Å². The zero-order valence-electron chi connectivity index (χ0n) is 2.08. The molecule has 0 unspecified atom stereocenters. The smallest absolute Gasteiger partial charge is 0 e. The summed E-state index contributed by atoms with van der Waals surface area (Å²) in [5.41, 5.74) is 0. The van der Waals surface area contributed by atoms with Crippen molar-refractivity contribution in [2.24, 2.45) is 0 Å². The van der Waals surface area contributed by atoms with Crippen molar-refractivity contribution in [1.29, 1.82) is 0 Å². The van der Waals surface area contributed by atoms with E-state index in [-0.39, 0.29) is 118 Å². The Balaban J connectivity index is 0. The first-order valence-electron chi connectivity index (χ1n) is 0. The fourth-order valence-corrected chi connectivity index (χ4v) is 0. The Labute approximate surface area is 116 Å². The molecule has 0 aromatic rings. The summed E-state index contributed by atoms with van der Waals surface area (Å²) >= 11 is 0. The van der Waals surface area contributed by atoms with Gasteiger partial charge in [0.25, 0.3) is 0 Å². The Hall–Kier alpha value is 3.70. The molecule has 0 nitrogen and oxygen atoms in total. The van der Waals surface area contributed by atoms with Crippen LogP contribution in [0.1, 0.15) is 0 Å².